The van der Waals surface area contributed by atoms with E-state index in [1.54, 1.807) is 19.1 Å². The molecule has 8 heteroatoms. The molecule has 1 aliphatic heterocycles. The second-order valence-corrected chi connectivity index (χ2v) is 6.10. The van der Waals surface area contributed by atoms with Crippen molar-refractivity contribution in [3.63, 3.8) is 0 Å². The maximum absolute atomic E-state index is 12.0. The molecule has 0 saturated carbocycles. The third-order valence-corrected chi connectivity index (χ3v) is 4.46. The number of piperazine rings is 1. The largest absolute Gasteiger partial charge is 0.465 e. The van der Waals surface area contributed by atoms with Crippen molar-refractivity contribution < 1.29 is 19.1 Å². The van der Waals surface area contributed by atoms with E-state index in [0.29, 0.717) is 12.1 Å². The third kappa shape index (κ3) is 4.48. The Kier molecular flexibility index (Phi) is 5.97. The van der Waals surface area contributed by atoms with E-state index in [1.165, 1.54) is 7.11 Å². The fourth-order valence-electron chi connectivity index (χ4n) is 3.08. The number of nitrogens with zero attached hydrogens (tertiary/aromatic N) is 2. The summed E-state index contributed by atoms with van der Waals surface area (Å²) in [6.45, 7) is 5.92. The Hall–Kier alpha value is -2.61. The Balaban J connectivity index is 2.00. The van der Waals surface area contributed by atoms with Crippen LogP contribution in [0.5, 0.6) is 0 Å². The average Bonchev–Trinajstić information content (AvgIpc) is 2.60. The summed E-state index contributed by atoms with van der Waals surface area (Å²) in [5, 5.41) is 2.13. The van der Waals surface area contributed by atoms with Gasteiger partial charge in [0.15, 0.2) is 0 Å². The first-order chi connectivity index (χ1) is 11.8. The van der Waals surface area contributed by atoms with Crippen molar-refractivity contribution in [2.75, 3.05) is 31.6 Å². The van der Waals surface area contributed by atoms with Gasteiger partial charge in [0, 0.05) is 31.4 Å². The third-order valence-electron chi connectivity index (χ3n) is 4.46. The maximum Gasteiger partial charge on any atom is 0.337 e. The summed E-state index contributed by atoms with van der Waals surface area (Å²) in [7, 11) is 1.35. The summed E-state index contributed by atoms with van der Waals surface area (Å²) in [6, 6.07) is 6.08. The lowest BCUT2D eigenvalue weighted by Crippen LogP contribution is -2.59. The number of amides is 3. The number of primary amides is 1. The van der Waals surface area contributed by atoms with Gasteiger partial charge in [0.25, 0.3) is 0 Å². The minimum absolute atomic E-state index is 0.114. The topological polar surface area (TPSA) is 105 Å². The lowest BCUT2D eigenvalue weighted by atomic mass is 10.1. The van der Waals surface area contributed by atoms with Crippen LogP contribution in [0.2, 0.25) is 0 Å². The number of nitrogens with two attached hydrogens (primary N) is 1. The van der Waals surface area contributed by atoms with Gasteiger partial charge in [0.2, 0.25) is 5.91 Å². The van der Waals surface area contributed by atoms with Crippen LogP contribution in [0.15, 0.2) is 24.3 Å². The Bertz CT molecular complexity index is 647. The number of hydrogen-bond donors (Lipinski definition) is 2. The molecule has 0 bridgehead atoms. The first kappa shape index (κ1) is 18.7. The average molecular weight is 348 g/mol. The predicted octanol–water partition coefficient (Wildman–Crippen LogP) is 0.567. The molecule has 25 heavy (non-hydrogen) atoms. The van der Waals surface area contributed by atoms with Crippen LogP contribution in [-0.4, -0.2) is 61.6 Å². The highest BCUT2D eigenvalue weighted by Gasteiger charge is 2.31. The van der Waals surface area contributed by atoms with Crippen LogP contribution >= 0.6 is 0 Å². The van der Waals surface area contributed by atoms with E-state index >= 15 is 0 Å². The molecule has 1 heterocycles. The normalized spacial score (nSPS) is 19.2. The summed E-state index contributed by atoms with van der Waals surface area (Å²) >= 11 is 0. The molecule has 136 valence electrons. The number of rotatable bonds is 4. The van der Waals surface area contributed by atoms with Crippen LogP contribution in [0.1, 0.15) is 24.2 Å². The van der Waals surface area contributed by atoms with E-state index in [0.717, 1.165) is 18.8 Å². The molecule has 3 amide bonds. The van der Waals surface area contributed by atoms with Gasteiger partial charge in [-0.05, 0) is 38.1 Å². The molecule has 1 aliphatic rings. The summed E-state index contributed by atoms with van der Waals surface area (Å²) < 4.78 is 4.70. The number of esters is 1. The lowest BCUT2D eigenvalue weighted by molar-refractivity contribution is -0.125. The van der Waals surface area contributed by atoms with Gasteiger partial charge < -0.3 is 15.4 Å². The van der Waals surface area contributed by atoms with Crippen LogP contribution < -0.4 is 16.0 Å². The van der Waals surface area contributed by atoms with Crippen LogP contribution in [0.25, 0.3) is 0 Å². The summed E-state index contributed by atoms with van der Waals surface area (Å²) in [5.74, 6) is -0.755. The number of carbonyl (C=O) groups excluding carboxylic acids is 3. The van der Waals surface area contributed by atoms with Crippen molar-refractivity contribution in [2.24, 2.45) is 5.73 Å². The van der Waals surface area contributed by atoms with Gasteiger partial charge in [-0.3, -0.25) is 15.0 Å². The first-order valence-corrected chi connectivity index (χ1v) is 8.13. The molecule has 0 radical (unpaired) electrons. The van der Waals surface area contributed by atoms with E-state index in [2.05, 4.69) is 10.2 Å². The number of carbonyl (C=O) groups is 3. The molecule has 0 spiro atoms. The number of hydrogen-bond acceptors (Lipinski definition) is 6. The van der Waals surface area contributed by atoms with E-state index < -0.39 is 18.0 Å². The number of imide groups is 1. The van der Waals surface area contributed by atoms with E-state index in [4.69, 9.17) is 10.5 Å². The molecular weight excluding hydrogens is 324 g/mol. The van der Waals surface area contributed by atoms with E-state index in [-0.39, 0.29) is 12.0 Å². The molecular formula is C17H24N4O4. The molecule has 2 atom stereocenters. The van der Waals surface area contributed by atoms with Crippen molar-refractivity contribution in [3.8, 4) is 0 Å². The van der Waals surface area contributed by atoms with E-state index in [9.17, 15) is 14.4 Å². The zero-order valence-corrected chi connectivity index (χ0v) is 14.7. The Labute approximate surface area is 146 Å². The molecule has 1 aromatic carbocycles. The Morgan fingerprint density at radius 3 is 2.40 bits per heavy atom. The van der Waals surface area contributed by atoms with Gasteiger partial charge >= 0.3 is 12.0 Å². The van der Waals surface area contributed by atoms with Crippen molar-refractivity contribution in [3.05, 3.63) is 29.8 Å². The molecule has 1 aromatic rings. The van der Waals surface area contributed by atoms with Gasteiger partial charge in [-0.15, -0.1) is 0 Å². The van der Waals surface area contributed by atoms with Gasteiger partial charge in [-0.1, -0.05) is 0 Å². The van der Waals surface area contributed by atoms with E-state index in [1.807, 2.05) is 24.0 Å². The maximum atomic E-state index is 12.0. The standard InChI is InChI=1S/C17H24N4O4/c1-11-10-20(14-6-4-13(5-7-14)16(23)25-3)8-9-21(11)12(2)15(22)19-17(18)24/h4-7,11-12H,8-10H2,1-3H3,(H3,18,19,22,24)/t11-,12+/m1/s1. The van der Waals surface area contributed by atoms with Crippen LogP contribution in [0.3, 0.4) is 0 Å². The molecule has 1 saturated heterocycles. The zero-order valence-electron chi connectivity index (χ0n) is 14.7. The van der Waals surface area contributed by atoms with Crippen molar-refractivity contribution in [1.82, 2.24) is 10.2 Å². The van der Waals surface area contributed by atoms with Gasteiger partial charge in [-0.2, -0.15) is 0 Å². The summed E-state index contributed by atoms with van der Waals surface area (Å²) in [6.07, 6.45) is 0. The SMILES string of the molecule is COC(=O)c1ccc(N2CCN([C@@H](C)C(=O)NC(N)=O)[C@H](C)C2)cc1. The van der Waals surface area contributed by atoms with Crippen LogP contribution in [0, 0.1) is 0 Å². The molecule has 0 aromatic heterocycles. The van der Waals surface area contributed by atoms with Crippen molar-refractivity contribution in [1.29, 1.82) is 0 Å². The van der Waals surface area contributed by atoms with Crippen LogP contribution in [0.4, 0.5) is 10.5 Å². The van der Waals surface area contributed by atoms with Gasteiger partial charge in [0.05, 0.1) is 18.7 Å². The van der Waals surface area contributed by atoms with Gasteiger partial charge in [0.1, 0.15) is 0 Å². The summed E-state index contributed by atoms with van der Waals surface area (Å²) in [5.41, 5.74) is 6.52. The molecule has 1 fully saturated rings. The van der Waals surface area contributed by atoms with Crippen molar-refractivity contribution in [2.45, 2.75) is 25.9 Å². The van der Waals surface area contributed by atoms with Gasteiger partial charge in [-0.25, -0.2) is 9.59 Å². The quantitative estimate of drug-likeness (QED) is 0.771. The fraction of sp³-hybridized carbons (Fsp3) is 0.471. The first-order valence-electron chi connectivity index (χ1n) is 8.13. The highest BCUT2D eigenvalue weighted by molar-refractivity contribution is 5.96. The molecule has 0 unspecified atom stereocenters. The highest BCUT2D eigenvalue weighted by Crippen LogP contribution is 2.21. The fourth-order valence-corrected chi connectivity index (χ4v) is 3.08. The number of anilines is 1. The second kappa shape index (κ2) is 7.98. The summed E-state index contributed by atoms with van der Waals surface area (Å²) in [4.78, 5) is 38.5. The second-order valence-electron chi connectivity index (χ2n) is 6.10. The smallest absolute Gasteiger partial charge is 0.337 e. The zero-order chi connectivity index (χ0) is 18.6. The number of benzene rings is 1. The van der Waals surface area contributed by atoms with Crippen LogP contribution in [-0.2, 0) is 9.53 Å². The molecule has 8 nitrogen and oxygen atoms in total. The Morgan fingerprint density at radius 1 is 1.24 bits per heavy atom. The number of urea groups is 1. The molecule has 3 N–H and O–H groups in total. The predicted molar refractivity (Wildman–Crippen MR) is 93.4 cm³/mol. The number of nitrogens with one attached hydrogen (secondary N) is 1. The molecule has 2 rings (SSSR count). The lowest BCUT2D eigenvalue weighted by Gasteiger charge is -2.43. The Morgan fingerprint density at radius 2 is 1.88 bits per heavy atom. The minimum Gasteiger partial charge on any atom is -0.465 e. The number of methoxy groups -OCH3 is 1. The highest BCUT2D eigenvalue weighted by atomic mass is 16.5. The number of ether oxygens (including phenoxy) is 1. The minimum atomic E-state index is -0.839. The molecule has 0 aliphatic carbocycles. The van der Waals surface area contributed by atoms with Crippen molar-refractivity contribution >= 4 is 23.6 Å². The monoisotopic (exact) mass is 348 g/mol.